The van der Waals surface area contributed by atoms with E-state index in [0.29, 0.717) is 5.13 Å². The lowest BCUT2D eigenvalue weighted by molar-refractivity contribution is 0.575. The van der Waals surface area contributed by atoms with Gasteiger partial charge in [0.1, 0.15) is 0 Å². The fourth-order valence-corrected chi connectivity index (χ4v) is 2.86. The number of aryl methyl sites for hydroxylation is 1. The fourth-order valence-electron chi connectivity index (χ4n) is 0.856. The van der Waals surface area contributed by atoms with Crippen molar-refractivity contribution in [1.29, 1.82) is 0 Å². The number of nitrogens with one attached hydrogen (secondary N) is 2. The van der Waals surface area contributed by atoms with Crippen LogP contribution in [0.5, 0.6) is 0 Å². The van der Waals surface area contributed by atoms with Gasteiger partial charge in [-0.15, -0.1) is 11.3 Å². The van der Waals surface area contributed by atoms with E-state index in [9.17, 15) is 8.42 Å². The van der Waals surface area contributed by atoms with Crippen molar-refractivity contribution < 1.29 is 8.42 Å². The highest BCUT2D eigenvalue weighted by Crippen LogP contribution is 2.15. The Morgan fingerprint density at radius 3 is 2.57 bits per heavy atom. The third kappa shape index (κ3) is 3.60. The normalized spacial score (nSPS) is 12.0. The first-order valence-corrected chi connectivity index (χ1v) is 6.47. The zero-order chi connectivity index (χ0) is 10.8. The molecule has 0 aliphatic rings. The van der Waals surface area contributed by atoms with Crippen molar-refractivity contribution in [2.75, 3.05) is 4.72 Å². The number of aromatic nitrogens is 1. The van der Waals surface area contributed by atoms with Crippen LogP contribution in [0.15, 0.2) is 5.38 Å². The van der Waals surface area contributed by atoms with Crippen LogP contribution < -0.4 is 9.44 Å². The first kappa shape index (κ1) is 11.4. The quantitative estimate of drug-likeness (QED) is 0.821. The van der Waals surface area contributed by atoms with Crippen molar-refractivity contribution in [2.24, 2.45) is 0 Å². The molecule has 0 fully saturated rings. The molecule has 0 amide bonds. The molecule has 0 spiro atoms. The highest BCUT2D eigenvalue weighted by Gasteiger charge is 2.12. The van der Waals surface area contributed by atoms with Crippen LogP contribution >= 0.6 is 11.3 Å². The molecule has 80 valence electrons. The van der Waals surface area contributed by atoms with Crippen molar-refractivity contribution in [2.45, 2.75) is 26.8 Å². The molecular weight excluding hydrogens is 222 g/mol. The van der Waals surface area contributed by atoms with Crippen molar-refractivity contribution >= 4 is 26.7 Å². The van der Waals surface area contributed by atoms with Crippen molar-refractivity contribution in [3.8, 4) is 0 Å². The van der Waals surface area contributed by atoms with Gasteiger partial charge in [-0.25, -0.2) is 9.71 Å². The number of hydrogen-bond acceptors (Lipinski definition) is 4. The molecule has 1 heterocycles. The smallest absolute Gasteiger partial charge is 0.246 e. The first-order chi connectivity index (χ1) is 6.39. The van der Waals surface area contributed by atoms with Crippen LogP contribution in [-0.4, -0.2) is 19.4 Å². The van der Waals surface area contributed by atoms with Gasteiger partial charge in [-0.3, -0.25) is 0 Å². The monoisotopic (exact) mass is 235 g/mol. The van der Waals surface area contributed by atoms with Gasteiger partial charge in [0.05, 0.1) is 5.69 Å². The van der Waals surface area contributed by atoms with Gasteiger partial charge in [0.15, 0.2) is 5.13 Å². The van der Waals surface area contributed by atoms with Gasteiger partial charge in [-0.05, 0) is 20.8 Å². The van der Waals surface area contributed by atoms with E-state index in [2.05, 4.69) is 14.4 Å². The molecule has 0 aliphatic heterocycles. The third-order valence-electron chi connectivity index (χ3n) is 1.23. The Hall–Kier alpha value is -0.660. The van der Waals surface area contributed by atoms with Gasteiger partial charge in [-0.2, -0.15) is 13.1 Å². The molecule has 14 heavy (non-hydrogen) atoms. The molecule has 2 N–H and O–H groups in total. The Kier molecular flexibility index (Phi) is 3.46. The van der Waals surface area contributed by atoms with Gasteiger partial charge >= 0.3 is 10.2 Å². The van der Waals surface area contributed by atoms with E-state index in [-0.39, 0.29) is 6.04 Å². The molecule has 0 atom stereocenters. The van der Waals surface area contributed by atoms with E-state index in [1.165, 1.54) is 11.3 Å². The zero-order valence-corrected chi connectivity index (χ0v) is 9.87. The predicted molar refractivity (Wildman–Crippen MR) is 57.7 cm³/mol. The molecule has 1 aromatic heterocycles. The average molecular weight is 235 g/mol. The summed E-state index contributed by atoms with van der Waals surface area (Å²) in [6, 6.07) is -0.131. The molecular formula is C7H13N3O2S2. The second-order valence-electron chi connectivity index (χ2n) is 3.17. The number of thiazole rings is 1. The minimum atomic E-state index is -3.47. The lowest BCUT2D eigenvalue weighted by Crippen LogP contribution is -2.35. The van der Waals surface area contributed by atoms with Crippen molar-refractivity contribution in [3.63, 3.8) is 0 Å². The van der Waals surface area contributed by atoms with E-state index in [0.717, 1.165) is 5.69 Å². The summed E-state index contributed by atoms with van der Waals surface area (Å²) >= 11 is 1.26. The molecule has 0 aromatic carbocycles. The molecule has 7 heteroatoms. The second-order valence-corrected chi connectivity index (χ2v) is 5.48. The lowest BCUT2D eigenvalue weighted by Gasteiger charge is -2.08. The summed E-state index contributed by atoms with van der Waals surface area (Å²) in [6.45, 7) is 5.32. The zero-order valence-electron chi connectivity index (χ0n) is 8.23. The predicted octanol–water partition coefficient (Wildman–Crippen LogP) is 1.11. The Bertz CT molecular complexity index is 397. The topological polar surface area (TPSA) is 71.1 Å². The van der Waals surface area contributed by atoms with Crippen LogP contribution in [0.3, 0.4) is 0 Å². The molecule has 0 saturated carbocycles. The Morgan fingerprint density at radius 2 is 2.14 bits per heavy atom. The highest BCUT2D eigenvalue weighted by atomic mass is 32.2. The lowest BCUT2D eigenvalue weighted by atomic mass is 10.4. The maximum atomic E-state index is 11.4. The van der Waals surface area contributed by atoms with Gasteiger partial charge in [0.25, 0.3) is 0 Å². The number of nitrogens with zero attached hydrogens (tertiary/aromatic N) is 1. The van der Waals surface area contributed by atoms with Crippen molar-refractivity contribution in [1.82, 2.24) is 9.71 Å². The standard InChI is InChI=1S/C7H13N3O2S2/c1-5(2)9-14(11,12)10-7-8-6(3)4-13-7/h4-5,9H,1-3H3,(H,8,10). The minimum Gasteiger partial charge on any atom is -0.246 e. The second kappa shape index (κ2) is 4.24. The third-order valence-corrected chi connectivity index (χ3v) is 3.48. The maximum Gasteiger partial charge on any atom is 0.301 e. The molecule has 0 radical (unpaired) electrons. The summed E-state index contributed by atoms with van der Waals surface area (Å²) < 4.78 is 27.5. The van der Waals surface area contributed by atoms with Crippen LogP contribution in [0, 0.1) is 6.92 Å². The summed E-state index contributed by atoms with van der Waals surface area (Å²) in [5, 5.41) is 2.17. The van der Waals surface area contributed by atoms with Crippen LogP contribution in [0.4, 0.5) is 5.13 Å². The summed E-state index contributed by atoms with van der Waals surface area (Å²) in [4.78, 5) is 3.99. The molecule has 1 aromatic rings. The van der Waals surface area contributed by atoms with Crippen LogP contribution in [-0.2, 0) is 10.2 Å². The Balaban J connectivity index is 2.69. The molecule has 5 nitrogen and oxygen atoms in total. The first-order valence-electron chi connectivity index (χ1n) is 4.11. The summed E-state index contributed by atoms with van der Waals surface area (Å²) in [6.07, 6.45) is 0. The molecule has 0 aliphatic carbocycles. The molecule has 0 saturated heterocycles. The highest BCUT2D eigenvalue weighted by molar-refractivity contribution is 7.91. The Morgan fingerprint density at radius 1 is 1.50 bits per heavy atom. The van der Waals surface area contributed by atoms with Crippen LogP contribution in [0.2, 0.25) is 0 Å². The molecule has 1 rings (SSSR count). The van der Waals surface area contributed by atoms with Gasteiger partial charge in [0.2, 0.25) is 0 Å². The Labute approximate surface area is 87.7 Å². The summed E-state index contributed by atoms with van der Waals surface area (Å²) in [5.41, 5.74) is 0.803. The average Bonchev–Trinajstić information content (AvgIpc) is 2.30. The fraction of sp³-hybridized carbons (Fsp3) is 0.571. The summed E-state index contributed by atoms with van der Waals surface area (Å²) in [5.74, 6) is 0. The number of rotatable bonds is 4. The van der Waals surface area contributed by atoms with E-state index in [1.54, 1.807) is 19.2 Å². The van der Waals surface area contributed by atoms with Gasteiger partial charge in [0, 0.05) is 11.4 Å². The van der Waals surface area contributed by atoms with E-state index in [1.807, 2.05) is 6.92 Å². The van der Waals surface area contributed by atoms with E-state index in [4.69, 9.17) is 0 Å². The van der Waals surface area contributed by atoms with Crippen LogP contribution in [0.25, 0.3) is 0 Å². The van der Waals surface area contributed by atoms with Gasteiger partial charge in [-0.1, -0.05) is 0 Å². The molecule has 0 unspecified atom stereocenters. The largest absolute Gasteiger partial charge is 0.301 e. The van der Waals surface area contributed by atoms with Gasteiger partial charge < -0.3 is 0 Å². The minimum absolute atomic E-state index is 0.131. The summed E-state index contributed by atoms with van der Waals surface area (Å²) in [7, 11) is -3.47. The molecule has 0 bridgehead atoms. The SMILES string of the molecule is Cc1csc(NS(=O)(=O)NC(C)C)n1. The van der Waals surface area contributed by atoms with Crippen molar-refractivity contribution in [3.05, 3.63) is 11.1 Å². The van der Waals surface area contributed by atoms with E-state index < -0.39 is 10.2 Å². The number of hydrogen-bond donors (Lipinski definition) is 2. The van der Waals surface area contributed by atoms with E-state index >= 15 is 0 Å². The van der Waals surface area contributed by atoms with Crippen LogP contribution in [0.1, 0.15) is 19.5 Å². The maximum absolute atomic E-state index is 11.4. The number of anilines is 1.